The highest BCUT2D eigenvalue weighted by molar-refractivity contribution is 5.79. The van der Waals surface area contributed by atoms with Gasteiger partial charge in [-0.05, 0) is 20.8 Å². The van der Waals surface area contributed by atoms with E-state index in [4.69, 9.17) is 0 Å². The summed E-state index contributed by atoms with van der Waals surface area (Å²) in [6.07, 6.45) is 3.47. The fourth-order valence-electron chi connectivity index (χ4n) is 0.366. The van der Waals surface area contributed by atoms with Gasteiger partial charge in [0, 0.05) is 23.8 Å². The fraction of sp³-hybridized carbons (Fsp3) is 0.375. The highest BCUT2D eigenvalue weighted by Crippen LogP contribution is 1.80. The molecule has 0 bridgehead atoms. The second-order valence-electron chi connectivity index (χ2n) is 2.32. The zero-order chi connectivity index (χ0) is 7.98. The van der Waals surface area contributed by atoms with Crippen LogP contribution in [0.4, 0.5) is 0 Å². The van der Waals surface area contributed by atoms with Crippen molar-refractivity contribution in [3.63, 3.8) is 0 Å². The fourth-order valence-corrected chi connectivity index (χ4v) is 0.366. The number of nitrogens with one attached hydrogen (secondary N) is 1. The van der Waals surface area contributed by atoms with Crippen LogP contribution in [0.5, 0.6) is 0 Å². The van der Waals surface area contributed by atoms with Crippen LogP contribution in [0.3, 0.4) is 0 Å². The standard InChI is InChI=1S/C8H14N2/c1-7(2)9-5-6-10-8(3)4/h5-6,9H,1H2,2-4H3/b6-5-. The minimum atomic E-state index is 0.917. The van der Waals surface area contributed by atoms with E-state index < -0.39 is 0 Å². The molecule has 1 N–H and O–H groups in total. The van der Waals surface area contributed by atoms with E-state index in [1.54, 1.807) is 12.4 Å². The Balaban J connectivity index is 3.58. The van der Waals surface area contributed by atoms with Gasteiger partial charge in [-0.3, -0.25) is 4.99 Å². The van der Waals surface area contributed by atoms with Crippen LogP contribution in [0.1, 0.15) is 20.8 Å². The summed E-state index contributed by atoms with van der Waals surface area (Å²) in [5.74, 6) is 0. The molecule has 0 saturated heterocycles. The Morgan fingerprint density at radius 3 is 2.40 bits per heavy atom. The van der Waals surface area contributed by atoms with Crippen LogP contribution >= 0.6 is 0 Å². The molecule has 0 atom stereocenters. The van der Waals surface area contributed by atoms with Crippen molar-refractivity contribution in [1.82, 2.24) is 5.32 Å². The van der Waals surface area contributed by atoms with Gasteiger partial charge in [-0.15, -0.1) is 0 Å². The van der Waals surface area contributed by atoms with Gasteiger partial charge in [0.1, 0.15) is 0 Å². The average molecular weight is 138 g/mol. The maximum atomic E-state index is 4.03. The van der Waals surface area contributed by atoms with Gasteiger partial charge < -0.3 is 5.32 Å². The zero-order valence-electron chi connectivity index (χ0n) is 6.81. The monoisotopic (exact) mass is 138 g/mol. The topological polar surface area (TPSA) is 24.4 Å². The van der Waals surface area contributed by atoms with Crippen LogP contribution in [0, 0.1) is 0 Å². The molecule has 2 heteroatoms. The van der Waals surface area contributed by atoms with Crippen molar-refractivity contribution in [2.24, 2.45) is 4.99 Å². The third-order valence-corrected chi connectivity index (χ3v) is 0.737. The third kappa shape index (κ3) is 6.95. The van der Waals surface area contributed by atoms with Gasteiger partial charge in [-0.1, -0.05) is 6.58 Å². The van der Waals surface area contributed by atoms with Gasteiger partial charge in [0.15, 0.2) is 0 Å². The predicted octanol–water partition coefficient (Wildman–Crippen LogP) is 2.06. The Hall–Kier alpha value is -1.05. The third-order valence-electron chi connectivity index (χ3n) is 0.737. The zero-order valence-corrected chi connectivity index (χ0v) is 6.81. The van der Waals surface area contributed by atoms with Crippen LogP contribution in [-0.4, -0.2) is 5.71 Å². The highest BCUT2D eigenvalue weighted by Gasteiger charge is 1.73. The first-order chi connectivity index (χ1) is 4.63. The smallest absolute Gasteiger partial charge is 0.0427 e. The lowest BCUT2D eigenvalue weighted by Crippen LogP contribution is -1.97. The maximum absolute atomic E-state index is 4.03. The van der Waals surface area contributed by atoms with E-state index >= 15 is 0 Å². The number of allylic oxidation sites excluding steroid dienone is 1. The second-order valence-corrected chi connectivity index (χ2v) is 2.32. The molecule has 0 aliphatic heterocycles. The van der Waals surface area contributed by atoms with Crippen molar-refractivity contribution in [1.29, 1.82) is 0 Å². The lowest BCUT2D eigenvalue weighted by Gasteiger charge is -1.93. The maximum Gasteiger partial charge on any atom is 0.0427 e. The number of aliphatic imine (C=N–C) groups is 1. The van der Waals surface area contributed by atoms with Gasteiger partial charge >= 0.3 is 0 Å². The van der Waals surface area contributed by atoms with Gasteiger partial charge in [0.2, 0.25) is 0 Å². The van der Waals surface area contributed by atoms with Crippen molar-refractivity contribution < 1.29 is 0 Å². The molecule has 0 aromatic heterocycles. The number of rotatable bonds is 3. The van der Waals surface area contributed by atoms with Gasteiger partial charge in [0.25, 0.3) is 0 Å². The molecule has 0 aliphatic rings. The second kappa shape index (κ2) is 4.79. The Morgan fingerprint density at radius 2 is 2.00 bits per heavy atom. The van der Waals surface area contributed by atoms with Crippen LogP contribution in [0.2, 0.25) is 0 Å². The summed E-state index contributed by atoms with van der Waals surface area (Å²) in [6.45, 7) is 9.46. The minimum Gasteiger partial charge on any atom is -0.364 e. The number of hydrogen-bond donors (Lipinski definition) is 1. The molecule has 0 rings (SSSR count). The molecular formula is C8H14N2. The van der Waals surface area contributed by atoms with Crippen molar-refractivity contribution >= 4 is 5.71 Å². The highest BCUT2D eigenvalue weighted by atomic mass is 14.9. The largest absolute Gasteiger partial charge is 0.364 e. The summed E-state index contributed by atoms with van der Waals surface area (Å²) in [4.78, 5) is 4.03. The summed E-state index contributed by atoms with van der Waals surface area (Å²) in [7, 11) is 0. The van der Waals surface area contributed by atoms with E-state index in [-0.39, 0.29) is 0 Å². The molecule has 0 saturated carbocycles. The molecule has 0 fully saturated rings. The van der Waals surface area contributed by atoms with Crippen molar-refractivity contribution in [2.45, 2.75) is 20.8 Å². The van der Waals surface area contributed by atoms with E-state index in [1.165, 1.54) is 0 Å². The summed E-state index contributed by atoms with van der Waals surface area (Å²) in [5, 5.41) is 2.92. The molecule has 0 aromatic rings. The van der Waals surface area contributed by atoms with E-state index in [0.29, 0.717) is 0 Å². The Labute approximate surface area is 62.4 Å². The van der Waals surface area contributed by atoms with Crippen LogP contribution in [0.25, 0.3) is 0 Å². The summed E-state index contributed by atoms with van der Waals surface area (Å²) >= 11 is 0. The molecule has 10 heavy (non-hydrogen) atoms. The Kier molecular flexibility index (Phi) is 4.29. The predicted molar refractivity (Wildman–Crippen MR) is 45.9 cm³/mol. The summed E-state index contributed by atoms with van der Waals surface area (Å²) in [6, 6.07) is 0. The van der Waals surface area contributed by atoms with Crippen LogP contribution < -0.4 is 5.32 Å². The Morgan fingerprint density at radius 1 is 1.40 bits per heavy atom. The molecule has 56 valence electrons. The van der Waals surface area contributed by atoms with Crippen LogP contribution in [-0.2, 0) is 0 Å². The number of nitrogens with zero attached hydrogens (tertiary/aromatic N) is 1. The molecule has 0 aliphatic carbocycles. The first-order valence-electron chi connectivity index (χ1n) is 3.21. The molecule has 0 amide bonds. The van der Waals surface area contributed by atoms with Gasteiger partial charge in [0.05, 0.1) is 0 Å². The molecule has 0 heterocycles. The minimum absolute atomic E-state index is 0.917. The van der Waals surface area contributed by atoms with Crippen LogP contribution in [0.15, 0.2) is 29.7 Å². The molecule has 0 unspecified atom stereocenters. The molecule has 2 nitrogen and oxygen atoms in total. The average Bonchev–Trinajstić information content (AvgIpc) is 1.79. The molecular weight excluding hydrogens is 124 g/mol. The van der Waals surface area contributed by atoms with E-state index in [0.717, 1.165) is 11.4 Å². The number of hydrogen-bond acceptors (Lipinski definition) is 2. The molecule has 0 aromatic carbocycles. The van der Waals surface area contributed by atoms with Crippen molar-refractivity contribution in [3.8, 4) is 0 Å². The van der Waals surface area contributed by atoms with Crippen molar-refractivity contribution in [2.75, 3.05) is 0 Å². The lowest BCUT2D eigenvalue weighted by molar-refractivity contribution is 1.06. The molecule has 0 radical (unpaired) electrons. The first kappa shape index (κ1) is 8.95. The van der Waals surface area contributed by atoms with Gasteiger partial charge in [-0.25, -0.2) is 0 Å². The lowest BCUT2D eigenvalue weighted by atomic mass is 10.5. The normalized spacial score (nSPS) is 9.50. The first-order valence-corrected chi connectivity index (χ1v) is 3.21. The summed E-state index contributed by atoms with van der Waals surface area (Å²) < 4.78 is 0. The van der Waals surface area contributed by atoms with E-state index in [2.05, 4.69) is 16.9 Å². The van der Waals surface area contributed by atoms with E-state index in [9.17, 15) is 0 Å². The SMILES string of the molecule is C=C(C)N/C=C\N=C(C)C. The van der Waals surface area contributed by atoms with Crippen molar-refractivity contribution in [3.05, 3.63) is 24.7 Å². The Bertz CT molecular complexity index is 162. The summed E-state index contributed by atoms with van der Waals surface area (Å²) in [5.41, 5.74) is 1.96. The van der Waals surface area contributed by atoms with E-state index in [1.807, 2.05) is 20.8 Å². The molecule has 0 spiro atoms. The quantitative estimate of drug-likeness (QED) is 0.593. The van der Waals surface area contributed by atoms with Gasteiger partial charge in [-0.2, -0.15) is 0 Å².